The first-order valence-corrected chi connectivity index (χ1v) is 7.56. The number of nitrogens with two attached hydrogens (primary N) is 1. The van der Waals surface area contributed by atoms with Gasteiger partial charge in [-0.1, -0.05) is 39.7 Å². The van der Waals surface area contributed by atoms with Crippen LogP contribution in [0.2, 0.25) is 0 Å². The molecule has 1 aliphatic rings. The van der Waals surface area contributed by atoms with Crippen LogP contribution in [0.3, 0.4) is 0 Å². The maximum absolute atomic E-state index is 6.10. The summed E-state index contributed by atoms with van der Waals surface area (Å²) in [6, 6.07) is 6.46. The second-order valence-corrected chi connectivity index (χ2v) is 6.47. The topological polar surface area (TPSA) is 60.0 Å². The minimum atomic E-state index is -0.368. The Bertz CT molecular complexity index is 530. The van der Waals surface area contributed by atoms with E-state index in [1.165, 1.54) is 29.4 Å². The molecule has 0 amide bonds. The van der Waals surface area contributed by atoms with E-state index in [1.807, 2.05) is 0 Å². The third-order valence-corrected chi connectivity index (χ3v) is 4.13. The minimum Gasteiger partial charge on any atom is -0.390 e. The molecule has 1 aromatic rings. The van der Waals surface area contributed by atoms with Crippen molar-refractivity contribution < 1.29 is 4.74 Å². The Hall–Kier alpha value is -1.20. The highest BCUT2D eigenvalue weighted by Crippen LogP contribution is 2.40. The van der Waals surface area contributed by atoms with Gasteiger partial charge in [-0.15, -0.1) is 0 Å². The molecule has 0 saturated carbocycles. The Kier molecular flexibility index (Phi) is 4.94. The number of ether oxygens (including phenoxy) is 1. The summed E-state index contributed by atoms with van der Waals surface area (Å²) in [5, 5.41) is 0. The van der Waals surface area contributed by atoms with Crippen molar-refractivity contribution >= 4 is 28.6 Å². The maximum atomic E-state index is 6.10. The smallest absolute Gasteiger partial charge is 0.114 e. The number of benzene rings is 1. The number of halogens is 1. The molecule has 0 radical (unpaired) electrons. The van der Waals surface area contributed by atoms with Crippen LogP contribution in [-0.2, 0) is 10.3 Å². The summed E-state index contributed by atoms with van der Waals surface area (Å²) >= 11 is 3.65. The molecule has 5 heteroatoms. The molecule has 20 heavy (non-hydrogen) atoms. The van der Waals surface area contributed by atoms with Gasteiger partial charge in [0.05, 0.1) is 19.5 Å². The SMILES string of the molecule is Cc1ccc(C2(CN=CN=CN)CC(Br)CO2)c(C)c1. The van der Waals surface area contributed by atoms with Crippen molar-refractivity contribution in [1.29, 1.82) is 0 Å². The van der Waals surface area contributed by atoms with Crippen LogP contribution in [0.15, 0.2) is 28.2 Å². The molecular weight excluding hydrogens is 318 g/mol. The number of hydrogen-bond donors (Lipinski definition) is 1. The predicted molar refractivity (Wildman–Crippen MR) is 86.9 cm³/mol. The number of aliphatic imine (C=N–C) groups is 2. The van der Waals surface area contributed by atoms with Crippen LogP contribution in [0.1, 0.15) is 23.1 Å². The lowest BCUT2D eigenvalue weighted by molar-refractivity contribution is 0.00818. The average Bonchev–Trinajstić information content (AvgIpc) is 2.77. The summed E-state index contributed by atoms with van der Waals surface area (Å²) < 4.78 is 6.10. The van der Waals surface area contributed by atoms with Crippen LogP contribution >= 0.6 is 15.9 Å². The molecule has 1 saturated heterocycles. The standard InChI is InChI=1S/C15H20BrN3O/c1-11-3-4-14(12(2)5-11)15(6-13(16)7-20-15)8-18-10-19-9-17/h3-5,9-10,13H,6-8H2,1-2H3,(H2,17,18,19). The molecule has 2 atom stereocenters. The number of nitrogens with zero attached hydrogens (tertiary/aromatic N) is 2. The molecular formula is C15H20BrN3O. The molecule has 0 spiro atoms. The van der Waals surface area contributed by atoms with Crippen LogP contribution in [0.4, 0.5) is 0 Å². The second-order valence-electron chi connectivity index (χ2n) is 5.18. The van der Waals surface area contributed by atoms with Gasteiger partial charge in [0.15, 0.2) is 0 Å². The highest BCUT2D eigenvalue weighted by atomic mass is 79.9. The van der Waals surface area contributed by atoms with E-state index in [9.17, 15) is 0 Å². The van der Waals surface area contributed by atoms with Gasteiger partial charge in [-0.05, 0) is 31.4 Å². The average molecular weight is 338 g/mol. The first kappa shape index (κ1) is 15.2. The Balaban J connectivity index is 2.31. The third-order valence-electron chi connectivity index (χ3n) is 3.55. The monoisotopic (exact) mass is 337 g/mol. The first-order valence-electron chi connectivity index (χ1n) is 6.65. The van der Waals surface area contributed by atoms with Crippen molar-refractivity contribution in [2.45, 2.75) is 30.7 Å². The molecule has 2 rings (SSSR count). The fourth-order valence-electron chi connectivity index (χ4n) is 2.71. The van der Waals surface area contributed by atoms with Crippen molar-refractivity contribution in [1.82, 2.24) is 0 Å². The van der Waals surface area contributed by atoms with Crippen LogP contribution in [0.5, 0.6) is 0 Å². The van der Waals surface area contributed by atoms with E-state index in [0.717, 1.165) is 6.42 Å². The second kappa shape index (κ2) is 6.50. The van der Waals surface area contributed by atoms with Gasteiger partial charge in [-0.25, -0.2) is 4.99 Å². The molecule has 4 nitrogen and oxygen atoms in total. The Morgan fingerprint density at radius 2 is 2.30 bits per heavy atom. The highest BCUT2D eigenvalue weighted by molar-refractivity contribution is 9.09. The Morgan fingerprint density at radius 1 is 1.50 bits per heavy atom. The van der Waals surface area contributed by atoms with E-state index in [0.29, 0.717) is 18.0 Å². The minimum absolute atomic E-state index is 0.358. The van der Waals surface area contributed by atoms with Gasteiger partial charge in [0.2, 0.25) is 0 Å². The van der Waals surface area contributed by atoms with E-state index in [-0.39, 0.29) is 5.60 Å². The lowest BCUT2D eigenvalue weighted by Crippen LogP contribution is -2.30. The molecule has 0 aliphatic carbocycles. The van der Waals surface area contributed by atoms with E-state index in [2.05, 4.69) is 58.0 Å². The number of alkyl halides is 1. The summed E-state index contributed by atoms with van der Waals surface area (Å²) in [5.41, 5.74) is 8.54. The summed E-state index contributed by atoms with van der Waals surface area (Å²) in [7, 11) is 0. The van der Waals surface area contributed by atoms with Crippen LogP contribution < -0.4 is 5.73 Å². The number of aryl methyl sites for hydroxylation is 2. The zero-order valence-electron chi connectivity index (χ0n) is 11.8. The zero-order chi connectivity index (χ0) is 14.6. The third kappa shape index (κ3) is 3.27. The van der Waals surface area contributed by atoms with Gasteiger partial charge in [0.25, 0.3) is 0 Å². The van der Waals surface area contributed by atoms with Crippen molar-refractivity contribution in [3.8, 4) is 0 Å². The van der Waals surface area contributed by atoms with Crippen molar-refractivity contribution in [3.63, 3.8) is 0 Å². The molecule has 2 N–H and O–H groups in total. The summed E-state index contributed by atoms with van der Waals surface area (Å²) in [4.78, 5) is 8.51. The highest BCUT2D eigenvalue weighted by Gasteiger charge is 2.41. The van der Waals surface area contributed by atoms with Crippen molar-refractivity contribution in [2.75, 3.05) is 13.2 Å². The molecule has 0 aromatic heterocycles. The first-order chi connectivity index (χ1) is 9.57. The van der Waals surface area contributed by atoms with Crippen molar-refractivity contribution in [2.24, 2.45) is 15.7 Å². The molecule has 1 heterocycles. The zero-order valence-corrected chi connectivity index (χ0v) is 13.4. The quantitative estimate of drug-likeness (QED) is 0.521. The predicted octanol–water partition coefficient (Wildman–Crippen LogP) is 2.70. The molecule has 108 valence electrons. The summed E-state index contributed by atoms with van der Waals surface area (Å²) in [6.45, 7) is 5.47. The lowest BCUT2D eigenvalue weighted by atomic mass is 9.87. The molecule has 1 aliphatic heterocycles. The Morgan fingerprint density at radius 3 is 2.90 bits per heavy atom. The Labute approximate surface area is 128 Å². The van der Waals surface area contributed by atoms with Gasteiger partial charge >= 0.3 is 0 Å². The van der Waals surface area contributed by atoms with Gasteiger partial charge in [0.1, 0.15) is 11.9 Å². The fraction of sp³-hybridized carbons (Fsp3) is 0.467. The fourth-order valence-corrected chi connectivity index (χ4v) is 3.36. The lowest BCUT2D eigenvalue weighted by Gasteiger charge is -2.29. The van der Waals surface area contributed by atoms with Gasteiger partial charge in [0, 0.05) is 4.83 Å². The van der Waals surface area contributed by atoms with E-state index in [4.69, 9.17) is 10.5 Å². The van der Waals surface area contributed by atoms with Crippen LogP contribution in [0, 0.1) is 13.8 Å². The van der Waals surface area contributed by atoms with Crippen LogP contribution in [-0.4, -0.2) is 30.7 Å². The van der Waals surface area contributed by atoms with Crippen LogP contribution in [0.25, 0.3) is 0 Å². The van der Waals surface area contributed by atoms with Gasteiger partial charge in [-0.2, -0.15) is 0 Å². The van der Waals surface area contributed by atoms with E-state index < -0.39 is 0 Å². The molecule has 1 fully saturated rings. The summed E-state index contributed by atoms with van der Waals surface area (Å²) in [5.74, 6) is 0. The maximum Gasteiger partial charge on any atom is 0.114 e. The molecule has 0 bridgehead atoms. The largest absolute Gasteiger partial charge is 0.390 e. The molecule has 1 aromatic carbocycles. The summed E-state index contributed by atoms with van der Waals surface area (Å²) in [6.07, 6.45) is 3.62. The normalized spacial score (nSPS) is 26.9. The van der Waals surface area contributed by atoms with E-state index in [1.54, 1.807) is 0 Å². The van der Waals surface area contributed by atoms with Gasteiger partial charge in [-0.3, -0.25) is 4.99 Å². The number of rotatable bonds is 4. The van der Waals surface area contributed by atoms with Gasteiger partial charge < -0.3 is 10.5 Å². The number of hydrogen-bond acceptors (Lipinski definition) is 2. The van der Waals surface area contributed by atoms with E-state index >= 15 is 0 Å². The van der Waals surface area contributed by atoms with Crippen molar-refractivity contribution in [3.05, 3.63) is 34.9 Å². The molecule has 2 unspecified atom stereocenters.